The van der Waals surface area contributed by atoms with Gasteiger partial charge in [-0.05, 0) is 54.3 Å². The molecule has 4 rings (SSSR count). The summed E-state index contributed by atoms with van der Waals surface area (Å²) in [6.07, 6.45) is 1.04. The Hall–Kier alpha value is -4.17. The molecule has 0 aliphatic rings. The number of anilines is 1. The molecular formula is C26H26N4O4. The number of amides is 2. The van der Waals surface area contributed by atoms with E-state index >= 15 is 0 Å². The van der Waals surface area contributed by atoms with Crippen LogP contribution in [0.25, 0.3) is 33.7 Å². The topological polar surface area (TPSA) is 125 Å². The molecule has 174 valence electrons. The van der Waals surface area contributed by atoms with Crippen LogP contribution < -0.4 is 16.5 Å². The largest absolute Gasteiger partial charge is 0.436 e. The summed E-state index contributed by atoms with van der Waals surface area (Å²) in [5.41, 5.74) is 10.5. The molecular weight excluding hydrogens is 432 g/mol. The van der Waals surface area contributed by atoms with Crippen molar-refractivity contribution in [3.8, 4) is 22.6 Å². The van der Waals surface area contributed by atoms with E-state index in [4.69, 9.17) is 16.0 Å². The van der Waals surface area contributed by atoms with Gasteiger partial charge in [0.2, 0.25) is 5.89 Å². The van der Waals surface area contributed by atoms with Crippen molar-refractivity contribution >= 4 is 28.8 Å². The highest BCUT2D eigenvalue weighted by molar-refractivity contribution is 5.92. The molecule has 1 atom stereocenters. The van der Waals surface area contributed by atoms with E-state index < -0.39 is 12.0 Å². The fourth-order valence-electron chi connectivity index (χ4n) is 4.03. The van der Waals surface area contributed by atoms with Gasteiger partial charge in [0.25, 0.3) is 0 Å². The van der Waals surface area contributed by atoms with Crippen molar-refractivity contribution in [1.82, 2.24) is 4.98 Å². The van der Waals surface area contributed by atoms with Crippen molar-refractivity contribution in [3.63, 3.8) is 0 Å². The lowest BCUT2D eigenvalue weighted by molar-refractivity contribution is -0.144. The number of aromatic nitrogens is 1. The molecule has 0 saturated carbocycles. The van der Waals surface area contributed by atoms with Gasteiger partial charge < -0.3 is 15.0 Å². The third-order valence-electron chi connectivity index (χ3n) is 5.75. The minimum absolute atomic E-state index is 0.0767. The molecule has 34 heavy (non-hydrogen) atoms. The maximum Gasteiger partial charge on any atom is 0.324 e. The van der Waals surface area contributed by atoms with Gasteiger partial charge in [-0.25, -0.2) is 9.78 Å². The second-order valence-corrected chi connectivity index (χ2v) is 7.92. The number of oxazole rings is 1. The maximum absolute atomic E-state index is 12.3. The highest BCUT2D eigenvalue weighted by Gasteiger charge is 2.24. The Balaban J connectivity index is 1.65. The fourth-order valence-corrected chi connectivity index (χ4v) is 4.03. The van der Waals surface area contributed by atoms with Crippen molar-refractivity contribution in [1.29, 1.82) is 0 Å². The van der Waals surface area contributed by atoms with Crippen LogP contribution in [0.1, 0.15) is 26.2 Å². The molecule has 0 saturated heterocycles. The third kappa shape index (κ3) is 4.92. The monoisotopic (exact) mass is 458 g/mol. The molecule has 8 heteroatoms. The average molecular weight is 459 g/mol. The molecule has 1 aromatic heterocycles. The first-order chi connectivity index (χ1) is 16.5. The number of nitrogens with zero attached hydrogens (tertiary/aromatic N) is 2. The van der Waals surface area contributed by atoms with Gasteiger partial charge in [0.05, 0.1) is 0 Å². The van der Waals surface area contributed by atoms with E-state index in [9.17, 15) is 9.59 Å². The first-order valence-electron chi connectivity index (χ1n) is 11.0. The summed E-state index contributed by atoms with van der Waals surface area (Å²) in [5, 5.41) is 0. The summed E-state index contributed by atoms with van der Waals surface area (Å²) < 4.78 is 6.00. The van der Waals surface area contributed by atoms with Crippen molar-refractivity contribution in [2.75, 3.05) is 4.90 Å². The van der Waals surface area contributed by atoms with Gasteiger partial charge in [0.15, 0.2) is 5.58 Å². The summed E-state index contributed by atoms with van der Waals surface area (Å²) in [6, 6.07) is 22.3. The second kappa shape index (κ2) is 10.2. The van der Waals surface area contributed by atoms with Crippen LogP contribution in [0.4, 0.5) is 10.5 Å². The molecule has 1 heterocycles. The van der Waals surface area contributed by atoms with Crippen LogP contribution in [0.2, 0.25) is 0 Å². The predicted molar refractivity (Wildman–Crippen MR) is 131 cm³/mol. The van der Waals surface area contributed by atoms with Gasteiger partial charge in [-0.3, -0.25) is 9.69 Å². The lowest BCUT2D eigenvalue weighted by atomic mass is 10.1. The Morgan fingerprint density at radius 2 is 1.76 bits per heavy atom. The van der Waals surface area contributed by atoms with E-state index in [1.165, 1.54) is 4.90 Å². The van der Waals surface area contributed by atoms with Crippen molar-refractivity contribution in [3.05, 3.63) is 72.8 Å². The molecule has 0 fully saturated rings. The number of hydrogen-bond acceptors (Lipinski definition) is 6. The van der Waals surface area contributed by atoms with Gasteiger partial charge >= 0.3 is 12.0 Å². The standard InChI is InChI=1S/C26H26N4O4/c1-2-20(12-14-24(31)34-28)30(26(27)32)21-10-6-9-19(15-21)25-29-22-16-18(11-13-23(22)33-25)17-7-4-3-5-8-17/h3-11,13,15-16,20H,2,12,14,28H2,1H3,(H2,27,32). The number of nitrogens with two attached hydrogens (primary N) is 2. The van der Waals surface area contributed by atoms with Crippen LogP contribution in [0.3, 0.4) is 0 Å². The summed E-state index contributed by atoms with van der Waals surface area (Å²) in [5.74, 6) is 4.83. The molecule has 4 N–H and O–H groups in total. The lowest BCUT2D eigenvalue weighted by Crippen LogP contribution is -2.44. The Labute approximate surface area is 197 Å². The Bertz CT molecular complexity index is 1300. The van der Waals surface area contributed by atoms with Crippen LogP contribution in [0.5, 0.6) is 0 Å². The predicted octanol–water partition coefficient (Wildman–Crippen LogP) is 5.02. The van der Waals surface area contributed by atoms with E-state index in [0.29, 0.717) is 35.6 Å². The number of rotatable bonds is 8. The zero-order chi connectivity index (χ0) is 24.1. The highest BCUT2D eigenvalue weighted by Crippen LogP contribution is 2.31. The van der Waals surface area contributed by atoms with Gasteiger partial charge in [-0.1, -0.05) is 49.4 Å². The SMILES string of the molecule is CCC(CCC(=O)ON)N(C(N)=O)c1cccc(-c2nc3cc(-c4ccccc4)ccc3o2)c1. The average Bonchev–Trinajstić information content (AvgIpc) is 3.30. The van der Waals surface area contributed by atoms with Crippen LogP contribution >= 0.6 is 0 Å². The van der Waals surface area contributed by atoms with E-state index in [2.05, 4.69) is 9.82 Å². The van der Waals surface area contributed by atoms with Crippen LogP contribution in [-0.2, 0) is 9.63 Å². The number of carbonyl (C=O) groups excluding carboxylic acids is 2. The first-order valence-corrected chi connectivity index (χ1v) is 11.0. The minimum Gasteiger partial charge on any atom is -0.436 e. The van der Waals surface area contributed by atoms with E-state index in [0.717, 1.165) is 16.6 Å². The van der Waals surface area contributed by atoms with Crippen LogP contribution in [-0.4, -0.2) is 23.0 Å². The molecule has 2 amide bonds. The molecule has 0 radical (unpaired) electrons. The van der Waals surface area contributed by atoms with Crippen molar-refractivity contribution in [2.45, 2.75) is 32.2 Å². The second-order valence-electron chi connectivity index (χ2n) is 7.92. The van der Waals surface area contributed by atoms with Crippen LogP contribution in [0.15, 0.2) is 77.2 Å². The quantitative estimate of drug-likeness (QED) is 0.357. The van der Waals surface area contributed by atoms with Gasteiger partial charge in [-0.2, -0.15) is 5.90 Å². The van der Waals surface area contributed by atoms with Crippen molar-refractivity contribution < 1.29 is 18.8 Å². The molecule has 8 nitrogen and oxygen atoms in total. The number of benzene rings is 3. The summed E-state index contributed by atoms with van der Waals surface area (Å²) >= 11 is 0. The molecule has 4 aromatic rings. The number of carbonyl (C=O) groups is 2. The van der Waals surface area contributed by atoms with E-state index in [1.807, 2.05) is 67.6 Å². The van der Waals surface area contributed by atoms with E-state index in [-0.39, 0.29) is 12.5 Å². The van der Waals surface area contributed by atoms with Crippen LogP contribution in [0, 0.1) is 0 Å². The minimum atomic E-state index is -0.616. The lowest BCUT2D eigenvalue weighted by Gasteiger charge is -2.29. The van der Waals surface area contributed by atoms with Gasteiger partial charge in [0.1, 0.15) is 5.52 Å². The summed E-state index contributed by atoms with van der Waals surface area (Å²) in [6.45, 7) is 1.92. The Morgan fingerprint density at radius 1 is 1.00 bits per heavy atom. The molecule has 0 bridgehead atoms. The Morgan fingerprint density at radius 3 is 2.47 bits per heavy atom. The fraction of sp³-hybridized carbons (Fsp3) is 0.192. The normalized spacial score (nSPS) is 11.8. The third-order valence-corrected chi connectivity index (χ3v) is 5.75. The van der Waals surface area contributed by atoms with Gasteiger partial charge in [0, 0.05) is 23.7 Å². The molecule has 0 aliphatic heterocycles. The molecule has 0 aliphatic carbocycles. The summed E-state index contributed by atoms with van der Waals surface area (Å²) in [7, 11) is 0. The summed E-state index contributed by atoms with van der Waals surface area (Å²) in [4.78, 5) is 34.2. The first kappa shape index (κ1) is 23.0. The van der Waals surface area contributed by atoms with E-state index in [1.54, 1.807) is 12.1 Å². The molecule has 1 unspecified atom stereocenters. The van der Waals surface area contributed by atoms with Gasteiger partial charge in [-0.15, -0.1) is 0 Å². The highest BCUT2D eigenvalue weighted by atomic mass is 16.7. The maximum atomic E-state index is 12.3. The molecule has 3 aromatic carbocycles. The number of urea groups is 1. The van der Waals surface area contributed by atoms with Crippen molar-refractivity contribution in [2.24, 2.45) is 11.6 Å². The zero-order valence-corrected chi connectivity index (χ0v) is 18.8. The number of primary amides is 1. The Kier molecular flexibility index (Phi) is 6.89. The zero-order valence-electron chi connectivity index (χ0n) is 18.8. The number of fused-ring (bicyclic) bond motifs is 1. The smallest absolute Gasteiger partial charge is 0.324 e. The molecule has 0 spiro atoms. The number of hydrogen-bond donors (Lipinski definition) is 2.